The Morgan fingerprint density at radius 1 is 1.19 bits per heavy atom. The zero-order valence-corrected chi connectivity index (χ0v) is 18.1. The largest absolute Gasteiger partial charge is 0.461 e. The Balaban J connectivity index is 1.30. The molecule has 3 N–H and O–H groups in total. The summed E-state index contributed by atoms with van der Waals surface area (Å²) >= 11 is 1.30. The number of H-pyrrole nitrogens is 1. The lowest BCUT2D eigenvalue weighted by molar-refractivity contribution is -0.129. The summed E-state index contributed by atoms with van der Waals surface area (Å²) in [5, 5.41) is 10.1. The van der Waals surface area contributed by atoms with E-state index in [2.05, 4.69) is 27.3 Å². The molecular weight excluding hydrogens is 428 g/mol. The van der Waals surface area contributed by atoms with Crippen LogP contribution in [0.5, 0.6) is 0 Å². The van der Waals surface area contributed by atoms with Gasteiger partial charge in [0.05, 0.1) is 12.0 Å². The van der Waals surface area contributed by atoms with Crippen LogP contribution in [0.25, 0.3) is 22.5 Å². The van der Waals surface area contributed by atoms with Crippen molar-refractivity contribution in [2.45, 2.75) is 31.1 Å². The molecule has 1 aliphatic rings. The predicted octanol–water partition coefficient (Wildman–Crippen LogP) is 2.57. The van der Waals surface area contributed by atoms with Crippen LogP contribution < -0.4 is 5.73 Å². The predicted molar refractivity (Wildman–Crippen MR) is 120 cm³/mol. The summed E-state index contributed by atoms with van der Waals surface area (Å²) in [5.74, 6) is 0.898. The van der Waals surface area contributed by atoms with Crippen molar-refractivity contribution < 1.29 is 14.0 Å². The van der Waals surface area contributed by atoms with Crippen LogP contribution in [0.15, 0.2) is 52.2 Å². The highest BCUT2D eigenvalue weighted by molar-refractivity contribution is 7.99. The molecule has 10 heteroatoms. The molecule has 0 fully saturated rings. The summed E-state index contributed by atoms with van der Waals surface area (Å²) in [6, 6.07) is 11.7. The van der Waals surface area contributed by atoms with Crippen LogP contribution in [0.2, 0.25) is 0 Å². The molecule has 0 saturated heterocycles. The van der Waals surface area contributed by atoms with Crippen molar-refractivity contribution in [3.63, 3.8) is 0 Å². The van der Waals surface area contributed by atoms with E-state index in [1.165, 1.54) is 28.4 Å². The molecule has 164 valence electrons. The molecule has 9 nitrogen and oxygen atoms in total. The Labute approximate surface area is 188 Å². The molecule has 32 heavy (non-hydrogen) atoms. The molecule has 5 rings (SSSR count). The van der Waals surface area contributed by atoms with E-state index in [0.717, 1.165) is 11.9 Å². The highest BCUT2D eigenvalue weighted by Gasteiger charge is 2.25. The van der Waals surface area contributed by atoms with E-state index in [4.69, 9.17) is 10.2 Å². The Morgan fingerprint density at radius 3 is 2.88 bits per heavy atom. The average Bonchev–Trinajstić information content (AvgIpc) is 3.53. The lowest BCUT2D eigenvalue weighted by Crippen LogP contribution is -2.37. The van der Waals surface area contributed by atoms with Gasteiger partial charge in [-0.2, -0.15) is 0 Å². The smallest absolute Gasteiger partial charge is 0.233 e. The van der Waals surface area contributed by atoms with Crippen molar-refractivity contribution >= 4 is 34.5 Å². The number of furan rings is 1. The van der Waals surface area contributed by atoms with Crippen molar-refractivity contribution in [2.24, 2.45) is 5.73 Å². The topological polar surface area (TPSA) is 123 Å². The van der Waals surface area contributed by atoms with E-state index in [9.17, 15) is 9.59 Å². The number of carbonyl (C=O) groups excluding carboxylic acids is 2. The fourth-order valence-corrected chi connectivity index (χ4v) is 4.87. The van der Waals surface area contributed by atoms with E-state index in [1.54, 1.807) is 23.0 Å². The zero-order chi connectivity index (χ0) is 22.1. The van der Waals surface area contributed by atoms with Crippen LogP contribution in [0.3, 0.4) is 0 Å². The van der Waals surface area contributed by atoms with Crippen LogP contribution in [0, 0.1) is 0 Å². The molecule has 0 bridgehead atoms. The van der Waals surface area contributed by atoms with Crippen LogP contribution in [0.1, 0.15) is 17.7 Å². The second kappa shape index (κ2) is 8.54. The SMILES string of the molecule is NC(=O)CCn1c(SCC(=O)N2CCc3[nH]c4ccccc4c3C2)nnc1-c1ccco1. The second-order valence-corrected chi connectivity index (χ2v) is 8.58. The maximum absolute atomic E-state index is 13.0. The third kappa shape index (κ3) is 3.89. The van der Waals surface area contributed by atoms with Crippen LogP contribution in [0.4, 0.5) is 0 Å². The number of aromatic amines is 1. The summed E-state index contributed by atoms with van der Waals surface area (Å²) in [6.45, 7) is 1.58. The lowest BCUT2D eigenvalue weighted by Gasteiger charge is -2.27. The molecule has 0 aliphatic carbocycles. The Bertz CT molecular complexity index is 1280. The van der Waals surface area contributed by atoms with Crippen molar-refractivity contribution in [1.82, 2.24) is 24.6 Å². The van der Waals surface area contributed by atoms with Gasteiger partial charge in [0.25, 0.3) is 0 Å². The quantitative estimate of drug-likeness (QED) is 0.417. The monoisotopic (exact) mass is 450 g/mol. The summed E-state index contributed by atoms with van der Waals surface area (Å²) < 4.78 is 7.21. The van der Waals surface area contributed by atoms with Gasteiger partial charge in [0.2, 0.25) is 11.8 Å². The molecule has 1 aliphatic heterocycles. The fraction of sp³-hybridized carbons (Fsp3) is 0.273. The molecule has 0 spiro atoms. The first-order valence-electron chi connectivity index (χ1n) is 10.3. The van der Waals surface area contributed by atoms with Gasteiger partial charge in [-0.3, -0.25) is 14.2 Å². The molecule has 0 atom stereocenters. The Morgan fingerprint density at radius 2 is 2.06 bits per heavy atom. The number of hydrogen-bond donors (Lipinski definition) is 2. The van der Waals surface area contributed by atoms with Gasteiger partial charge in [-0.05, 0) is 18.2 Å². The number of primary amides is 1. The highest BCUT2D eigenvalue weighted by atomic mass is 32.2. The molecule has 0 unspecified atom stereocenters. The zero-order valence-electron chi connectivity index (χ0n) is 17.3. The molecule has 0 radical (unpaired) electrons. The highest BCUT2D eigenvalue weighted by Crippen LogP contribution is 2.29. The number of thioether (sulfide) groups is 1. The van der Waals surface area contributed by atoms with E-state index in [0.29, 0.717) is 36.4 Å². The summed E-state index contributed by atoms with van der Waals surface area (Å²) in [7, 11) is 0. The van der Waals surface area contributed by atoms with Crippen LogP contribution >= 0.6 is 11.8 Å². The van der Waals surface area contributed by atoms with Crippen LogP contribution in [-0.2, 0) is 29.1 Å². The number of para-hydroxylation sites is 1. The van der Waals surface area contributed by atoms with Gasteiger partial charge in [-0.15, -0.1) is 10.2 Å². The molecule has 4 aromatic rings. The number of fused-ring (bicyclic) bond motifs is 3. The van der Waals surface area contributed by atoms with Crippen LogP contribution in [-0.4, -0.2) is 48.8 Å². The van der Waals surface area contributed by atoms with Gasteiger partial charge in [-0.25, -0.2) is 0 Å². The van der Waals surface area contributed by atoms with E-state index in [1.807, 2.05) is 17.0 Å². The molecule has 1 aromatic carbocycles. The fourth-order valence-electron chi connectivity index (χ4n) is 4.00. The third-order valence-corrected chi connectivity index (χ3v) is 6.55. The maximum Gasteiger partial charge on any atom is 0.233 e. The summed E-state index contributed by atoms with van der Waals surface area (Å²) in [5.41, 5.74) is 8.83. The number of nitrogens with one attached hydrogen (secondary N) is 1. The standard InChI is InChI=1S/C22H22N6O3S/c23-19(29)8-10-28-21(18-6-3-11-31-18)25-26-22(28)32-13-20(30)27-9-7-17-15(12-27)14-4-1-2-5-16(14)24-17/h1-6,11,24H,7-10,12-13H2,(H2,23,29). The molecular formula is C22H22N6O3S. The lowest BCUT2D eigenvalue weighted by atomic mass is 10.0. The van der Waals surface area contributed by atoms with E-state index >= 15 is 0 Å². The first kappa shape index (κ1) is 20.4. The van der Waals surface area contributed by atoms with E-state index < -0.39 is 5.91 Å². The summed E-state index contributed by atoms with van der Waals surface area (Å²) in [6.07, 6.45) is 2.49. The number of nitrogens with two attached hydrogens (primary N) is 1. The second-order valence-electron chi connectivity index (χ2n) is 7.63. The molecule has 3 aromatic heterocycles. The van der Waals surface area contributed by atoms with Gasteiger partial charge in [0.15, 0.2) is 16.7 Å². The number of benzene rings is 1. The number of carbonyl (C=O) groups is 2. The van der Waals surface area contributed by atoms with Crippen molar-refractivity contribution in [3.05, 3.63) is 53.9 Å². The minimum absolute atomic E-state index is 0.0370. The third-order valence-electron chi connectivity index (χ3n) is 5.60. The minimum atomic E-state index is -0.418. The minimum Gasteiger partial charge on any atom is -0.461 e. The van der Waals surface area contributed by atoms with Crippen molar-refractivity contribution in [3.8, 4) is 11.6 Å². The van der Waals surface area contributed by atoms with Crippen molar-refractivity contribution in [2.75, 3.05) is 12.3 Å². The van der Waals surface area contributed by atoms with E-state index in [-0.39, 0.29) is 18.1 Å². The maximum atomic E-state index is 13.0. The van der Waals surface area contributed by atoms with Gasteiger partial charge in [0.1, 0.15) is 0 Å². The number of rotatable bonds is 7. The average molecular weight is 451 g/mol. The first-order chi connectivity index (χ1) is 15.6. The number of amides is 2. The van der Waals surface area contributed by atoms with Gasteiger partial charge in [0, 0.05) is 54.6 Å². The number of hydrogen-bond acceptors (Lipinski definition) is 6. The Hall–Kier alpha value is -3.53. The summed E-state index contributed by atoms with van der Waals surface area (Å²) in [4.78, 5) is 29.7. The molecule has 0 saturated carbocycles. The number of nitrogens with zero attached hydrogens (tertiary/aromatic N) is 4. The number of aromatic nitrogens is 4. The first-order valence-corrected chi connectivity index (χ1v) is 11.3. The normalized spacial score (nSPS) is 13.4. The molecule has 4 heterocycles. The van der Waals surface area contributed by atoms with Gasteiger partial charge >= 0.3 is 0 Å². The molecule has 2 amide bonds. The Kier molecular flexibility index (Phi) is 5.44. The van der Waals surface area contributed by atoms with Gasteiger partial charge in [-0.1, -0.05) is 30.0 Å². The van der Waals surface area contributed by atoms with Gasteiger partial charge < -0.3 is 20.0 Å². The van der Waals surface area contributed by atoms with Crippen molar-refractivity contribution in [1.29, 1.82) is 0 Å².